The fourth-order valence-electron chi connectivity index (χ4n) is 2.55. The first-order valence-electron chi connectivity index (χ1n) is 8.12. The average Bonchev–Trinajstić information content (AvgIpc) is 2.61. The number of hydrogen-bond donors (Lipinski definition) is 3. The fourth-order valence-corrected chi connectivity index (χ4v) is 4.17. The number of phenols is 1. The van der Waals surface area contributed by atoms with Gasteiger partial charge in [0.25, 0.3) is 10.0 Å². The van der Waals surface area contributed by atoms with Gasteiger partial charge in [0.15, 0.2) is 0 Å². The first kappa shape index (κ1) is 19.7. The molecule has 9 heteroatoms. The zero-order chi connectivity index (χ0) is 20.4. The van der Waals surface area contributed by atoms with Gasteiger partial charge in [-0.2, -0.15) is 0 Å². The van der Waals surface area contributed by atoms with E-state index < -0.39 is 20.0 Å². The Morgan fingerprint density at radius 3 is 1.86 bits per heavy atom. The van der Waals surface area contributed by atoms with E-state index in [2.05, 4.69) is 9.44 Å². The summed E-state index contributed by atoms with van der Waals surface area (Å²) in [6.07, 6.45) is 1.01. The van der Waals surface area contributed by atoms with Crippen LogP contribution in [0, 0.1) is 0 Å². The minimum atomic E-state index is -3.83. The highest BCUT2D eigenvalue weighted by Crippen LogP contribution is 2.25. The standard InChI is InChI=1S/C19H18N2O5S2/c1-27(23,24)20-16-9-11-19(12-10-16)28(25,26)21-17-7-5-14(6-8-17)15-3-2-4-18(22)13-15/h2-13,20-22H,1H3. The van der Waals surface area contributed by atoms with Crippen molar-refractivity contribution in [3.05, 3.63) is 72.8 Å². The number of sulfonamides is 2. The van der Waals surface area contributed by atoms with Gasteiger partial charge in [0.05, 0.1) is 11.2 Å². The topological polar surface area (TPSA) is 113 Å². The van der Waals surface area contributed by atoms with E-state index in [1.54, 1.807) is 42.5 Å². The Bertz CT molecular complexity index is 1190. The van der Waals surface area contributed by atoms with Crippen molar-refractivity contribution in [1.29, 1.82) is 0 Å². The van der Waals surface area contributed by atoms with Crippen LogP contribution in [0.1, 0.15) is 0 Å². The summed E-state index contributed by atoms with van der Waals surface area (Å²) in [6, 6.07) is 18.9. The molecule has 0 amide bonds. The normalized spacial score (nSPS) is 11.8. The third-order valence-electron chi connectivity index (χ3n) is 3.78. The number of anilines is 2. The van der Waals surface area contributed by atoms with Crippen LogP contribution in [-0.2, 0) is 20.0 Å². The summed E-state index contributed by atoms with van der Waals surface area (Å²) < 4.78 is 52.2. The van der Waals surface area contributed by atoms with E-state index in [4.69, 9.17) is 0 Å². The Morgan fingerprint density at radius 2 is 1.29 bits per heavy atom. The SMILES string of the molecule is CS(=O)(=O)Nc1ccc(S(=O)(=O)Nc2ccc(-c3cccc(O)c3)cc2)cc1. The molecule has 0 spiro atoms. The molecule has 146 valence electrons. The molecule has 7 nitrogen and oxygen atoms in total. The molecule has 0 aliphatic carbocycles. The Balaban J connectivity index is 1.77. The molecular formula is C19H18N2O5S2. The second kappa shape index (κ2) is 7.53. The Labute approximate surface area is 163 Å². The van der Waals surface area contributed by atoms with Gasteiger partial charge >= 0.3 is 0 Å². The molecule has 28 heavy (non-hydrogen) atoms. The highest BCUT2D eigenvalue weighted by molar-refractivity contribution is 7.92. The molecule has 3 N–H and O–H groups in total. The summed E-state index contributed by atoms with van der Waals surface area (Å²) in [7, 11) is -7.26. The maximum absolute atomic E-state index is 12.5. The minimum absolute atomic E-state index is 0.00334. The van der Waals surface area contributed by atoms with Crippen LogP contribution in [0.25, 0.3) is 11.1 Å². The second-order valence-corrected chi connectivity index (χ2v) is 9.56. The Kier molecular flexibility index (Phi) is 5.30. The van der Waals surface area contributed by atoms with Crippen molar-refractivity contribution in [2.24, 2.45) is 0 Å². The maximum atomic E-state index is 12.5. The van der Waals surface area contributed by atoms with Crippen molar-refractivity contribution >= 4 is 31.4 Å². The van der Waals surface area contributed by atoms with E-state index in [1.807, 2.05) is 6.07 Å². The van der Waals surface area contributed by atoms with Gasteiger partial charge in [0, 0.05) is 11.4 Å². The molecule has 0 fully saturated rings. The molecule has 0 aliphatic rings. The lowest BCUT2D eigenvalue weighted by atomic mass is 10.1. The molecule has 0 radical (unpaired) electrons. The van der Waals surface area contributed by atoms with Gasteiger partial charge < -0.3 is 5.11 Å². The van der Waals surface area contributed by atoms with Gasteiger partial charge in [-0.1, -0.05) is 24.3 Å². The molecule has 0 bridgehead atoms. The summed E-state index contributed by atoms with van der Waals surface area (Å²) in [4.78, 5) is 0.00334. The summed E-state index contributed by atoms with van der Waals surface area (Å²) >= 11 is 0. The maximum Gasteiger partial charge on any atom is 0.261 e. The molecule has 0 saturated heterocycles. The van der Waals surface area contributed by atoms with Crippen molar-refractivity contribution in [2.75, 3.05) is 15.7 Å². The molecule has 0 atom stereocenters. The predicted octanol–water partition coefficient (Wildman–Crippen LogP) is 3.23. The van der Waals surface area contributed by atoms with E-state index in [0.29, 0.717) is 5.69 Å². The number of aromatic hydroxyl groups is 1. The molecule has 0 aliphatic heterocycles. The van der Waals surface area contributed by atoms with Gasteiger partial charge in [0.1, 0.15) is 5.75 Å². The van der Waals surface area contributed by atoms with Crippen LogP contribution in [0.5, 0.6) is 5.75 Å². The van der Waals surface area contributed by atoms with Crippen LogP contribution in [-0.4, -0.2) is 28.2 Å². The van der Waals surface area contributed by atoms with Crippen LogP contribution in [0.3, 0.4) is 0 Å². The van der Waals surface area contributed by atoms with Gasteiger partial charge in [-0.25, -0.2) is 16.8 Å². The van der Waals surface area contributed by atoms with Gasteiger partial charge in [-0.15, -0.1) is 0 Å². The second-order valence-electron chi connectivity index (χ2n) is 6.13. The average molecular weight is 418 g/mol. The molecule has 0 aromatic heterocycles. The third-order valence-corrected chi connectivity index (χ3v) is 5.79. The van der Waals surface area contributed by atoms with E-state index in [-0.39, 0.29) is 16.3 Å². The van der Waals surface area contributed by atoms with Gasteiger partial charge in [0.2, 0.25) is 10.0 Å². The van der Waals surface area contributed by atoms with Crippen molar-refractivity contribution in [1.82, 2.24) is 0 Å². The van der Waals surface area contributed by atoms with Crippen molar-refractivity contribution in [2.45, 2.75) is 4.90 Å². The molecule has 0 heterocycles. The van der Waals surface area contributed by atoms with E-state index in [9.17, 15) is 21.9 Å². The monoisotopic (exact) mass is 418 g/mol. The number of benzene rings is 3. The minimum Gasteiger partial charge on any atom is -0.508 e. The number of rotatable bonds is 6. The number of hydrogen-bond acceptors (Lipinski definition) is 5. The van der Waals surface area contributed by atoms with Crippen LogP contribution in [0.4, 0.5) is 11.4 Å². The summed E-state index contributed by atoms with van der Waals surface area (Å²) in [5.74, 6) is 0.149. The smallest absolute Gasteiger partial charge is 0.261 e. The molecule has 3 aromatic rings. The van der Waals surface area contributed by atoms with Crippen LogP contribution in [0.15, 0.2) is 77.7 Å². The highest BCUT2D eigenvalue weighted by atomic mass is 32.2. The fraction of sp³-hybridized carbons (Fsp3) is 0.0526. The van der Waals surface area contributed by atoms with Crippen molar-refractivity contribution in [3.63, 3.8) is 0 Å². The van der Waals surface area contributed by atoms with Gasteiger partial charge in [-0.3, -0.25) is 9.44 Å². The summed E-state index contributed by atoms with van der Waals surface area (Å²) in [5, 5.41) is 9.56. The first-order chi connectivity index (χ1) is 13.1. The first-order valence-corrected chi connectivity index (χ1v) is 11.5. The Morgan fingerprint density at radius 1 is 0.714 bits per heavy atom. The summed E-state index contributed by atoms with van der Waals surface area (Å²) in [5.41, 5.74) is 2.29. The van der Waals surface area contributed by atoms with E-state index >= 15 is 0 Å². The molecular weight excluding hydrogens is 400 g/mol. The van der Waals surface area contributed by atoms with Gasteiger partial charge in [-0.05, 0) is 59.7 Å². The lowest BCUT2D eigenvalue weighted by Gasteiger charge is -2.10. The summed E-state index contributed by atoms with van der Waals surface area (Å²) in [6.45, 7) is 0. The molecule has 0 unspecified atom stereocenters. The lowest BCUT2D eigenvalue weighted by molar-refractivity contribution is 0.475. The van der Waals surface area contributed by atoms with Crippen molar-refractivity contribution < 1.29 is 21.9 Å². The largest absolute Gasteiger partial charge is 0.508 e. The van der Waals surface area contributed by atoms with Crippen LogP contribution in [0.2, 0.25) is 0 Å². The van der Waals surface area contributed by atoms with Crippen molar-refractivity contribution in [3.8, 4) is 16.9 Å². The van der Waals surface area contributed by atoms with E-state index in [0.717, 1.165) is 17.4 Å². The molecule has 3 rings (SSSR count). The quantitative estimate of drug-likeness (QED) is 0.569. The molecule has 3 aromatic carbocycles. The predicted molar refractivity (Wildman–Crippen MR) is 109 cm³/mol. The molecule has 0 saturated carbocycles. The van der Waals surface area contributed by atoms with Crippen LogP contribution < -0.4 is 9.44 Å². The number of nitrogens with one attached hydrogen (secondary N) is 2. The zero-order valence-electron chi connectivity index (χ0n) is 14.8. The highest BCUT2D eigenvalue weighted by Gasteiger charge is 2.14. The zero-order valence-corrected chi connectivity index (χ0v) is 16.5. The Hall–Kier alpha value is -3.04. The van der Waals surface area contributed by atoms with Crippen LogP contribution >= 0.6 is 0 Å². The third kappa shape index (κ3) is 5.02. The lowest BCUT2D eigenvalue weighted by Crippen LogP contribution is -2.13. The number of phenolic OH excluding ortho intramolecular Hbond substituents is 1. The van der Waals surface area contributed by atoms with E-state index in [1.165, 1.54) is 24.3 Å².